The van der Waals surface area contributed by atoms with Crippen molar-refractivity contribution < 1.29 is 27.5 Å². The molecule has 0 aliphatic carbocycles. The number of halogens is 4. The Morgan fingerprint density at radius 3 is 2.39 bits per heavy atom. The predicted octanol–water partition coefficient (Wildman–Crippen LogP) is 2.90. The van der Waals surface area contributed by atoms with E-state index in [1.807, 2.05) is 6.07 Å². The lowest BCUT2D eigenvalue weighted by Gasteiger charge is -2.27. The number of carboxylic acid groups (broad SMARTS) is 1. The molecule has 1 atom stereocenters. The SMILES string of the molecule is CC(CN)N1CC(C)(C)c2c(F)cccc21.O=C(O)C(F)(F)F. The molecule has 3 N–H and O–H groups in total. The molecule has 0 amide bonds. The van der Waals surface area contributed by atoms with Gasteiger partial charge in [-0.25, -0.2) is 9.18 Å². The zero-order valence-electron chi connectivity index (χ0n) is 13.1. The highest BCUT2D eigenvalue weighted by molar-refractivity contribution is 5.73. The number of hydrogen-bond acceptors (Lipinski definition) is 3. The second kappa shape index (κ2) is 6.74. The molecular formula is C15H20F4N2O2. The van der Waals surface area contributed by atoms with Gasteiger partial charge in [0.15, 0.2) is 0 Å². The van der Waals surface area contributed by atoms with E-state index in [2.05, 4.69) is 25.7 Å². The number of carboxylic acids is 1. The van der Waals surface area contributed by atoms with Gasteiger partial charge < -0.3 is 15.7 Å². The van der Waals surface area contributed by atoms with E-state index in [0.29, 0.717) is 6.54 Å². The first-order valence-electron chi connectivity index (χ1n) is 6.97. The van der Waals surface area contributed by atoms with E-state index in [1.165, 1.54) is 6.07 Å². The molecule has 1 aromatic carbocycles. The van der Waals surface area contributed by atoms with E-state index < -0.39 is 12.1 Å². The fourth-order valence-corrected chi connectivity index (χ4v) is 2.53. The van der Waals surface area contributed by atoms with Crippen molar-refractivity contribution in [1.29, 1.82) is 0 Å². The summed E-state index contributed by atoms with van der Waals surface area (Å²) < 4.78 is 45.6. The first-order valence-corrected chi connectivity index (χ1v) is 6.97. The Morgan fingerprint density at radius 1 is 1.43 bits per heavy atom. The van der Waals surface area contributed by atoms with Gasteiger partial charge in [0.25, 0.3) is 0 Å². The second-order valence-electron chi connectivity index (χ2n) is 6.03. The van der Waals surface area contributed by atoms with E-state index >= 15 is 0 Å². The average Bonchev–Trinajstić information content (AvgIpc) is 2.70. The molecule has 0 bridgehead atoms. The summed E-state index contributed by atoms with van der Waals surface area (Å²) in [6.45, 7) is 7.67. The van der Waals surface area contributed by atoms with Crippen molar-refractivity contribution in [3.63, 3.8) is 0 Å². The normalized spacial score (nSPS) is 17.1. The van der Waals surface area contributed by atoms with Gasteiger partial charge >= 0.3 is 12.1 Å². The summed E-state index contributed by atoms with van der Waals surface area (Å²) in [6, 6.07) is 5.55. The maximum absolute atomic E-state index is 13.9. The molecule has 0 radical (unpaired) electrons. The molecule has 0 saturated carbocycles. The molecule has 4 nitrogen and oxygen atoms in total. The number of carbonyl (C=O) groups is 1. The Bertz CT molecular complexity index is 573. The third-order valence-electron chi connectivity index (χ3n) is 3.66. The van der Waals surface area contributed by atoms with E-state index in [9.17, 15) is 17.6 Å². The number of hydrogen-bond donors (Lipinski definition) is 2. The molecule has 1 aromatic rings. The molecule has 1 aliphatic rings. The zero-order chi connectivity index (χ0) is 18.0. The summed E-state index contributed by atoms with van der Waals surface area (Å²) in [4.78, 5) is 11.1. The fourth-order valence-electron chi connectivity index (χ4n) is 2.53. The third-order valence-corrected chi connectivity index (χ3v) is 3.66. The van der Waals surface area contributed by atoms with Crippen LogP contribution in [0.5, 0.6) is 0 Å². The van der Waals surface area contributed by atoms with Crippen molar-refractivity contribution in [1.82, 2.24) is 0 Å². The molecule has 0 spiro atoms. The van der Waals surface area contributed by atoms with Crippen LogP contribution in [0.1, 0.15) is 26.3 Å². The Morgan fingerprint density at radius 2 is 1.96 bits per heavy atom. The van der Waals surface area contributed by atoms with Gasteiger partial charge in [0.2, 0.25) is 0 Å². The molecule has 23 heavy (non-hydrogen) atoms. The van der Waals surface area contributed by atoms with Crippen LogP contribution in [-0.4, -0.2) is 36.4 Å². The first kappa shape index (κ1) is 19.2. The van der Waals surface area contributed by atoms with Gasteiger partial charge in [-0.2, -0.15) is 13.2 Å². The number of nitrogens with zero attached hydrogens (tertiary/aromatic N) is 1. The molecular weight excluding hydrogens is 316 g/mol. The fraction of sp³-hybridized carbons (Fsp3) is 0.533. The van der Waals surface area contributed by atoms with Gasteiger partial charge in [-0.3, -0.25) is 0 Å². The summed E-state index contributed by atoms with van der Waals surface area (Å²) in [5.74, 6) is -2.86. The minimum atomic E-state index is -5.08. The average molecular weight is 336 g/mol. The Labute approximate surface area is 131 Å². The van der Waals surface area contributed by atoms with Crippen molar-refractivity contribution in [2.24, 2.45) is 5.73 Å². The number of anilines is 1. The molecule has 0 aromatic heterocycles. The van der Waals surface area contributed by atoms with E-state index in [0.717, 1.165) is 17.8 Å². The van der Waals surface area contributed by atoms with Gasteiger partial charge in [-0.1, -0.05) is 19.9 Å². The quantitative estimate of drug-likeness (QED) is 0.815. The largest absolute Gasteiger partial charge is 0.490 e. The Kier molecular flexibility index (Phi) is 5.63. The van der Waals surface area contributed by atoms with Crippen LogP contribution in [0.2, 0.25) is 0 Å². The highest BCUT2D eigenvalue weighted by Gasteiger charge is 2.39. The molecule has 1 aliphatic heterocycles. The number of nitrogens with two attached hydrogens (primary N) is 1. The number of benzene rings is 1. The molecule has 0 fully saturated rings. The van der Waals surface area contributed by atoms with Crippen molar-refractivity contribution in [3.05, 3.63) is 29.6 Å². The van der Waals surface area contributed by atoms with Crippen LogP contribution in [0.15, 0.2) is 18.2 Å². The summed E-state index contributed by atoms with van der Waals surface area (Å²) in [7, 11) is 0. The van der Waals surface area contributed by atoms with E-state index in [-0.39, 0.29) is 17.3 Å². The lowest BCUT2D eigenvalue weighted by Crippen LogP contribution is -2.40. The maximum Gasteiger partial charge on any atom is 0.490 e. The first-order chi connectivity index (χ1) is 10.4. The van der Waals surface area contributed by atoms with E-state index in [4.69, 9.17) is 15.6 Å². The van der Waals surface area contributed by atoms with Gasteiger partial charge in [0, 0.05) is 35.8 Å². The van der Waals surface area contributed by atoms with Crippen molar-refractivity contribution in [2.75, 3.05) is 18.0 Å². The van der Waals surface area contributed by atoms with Crippen molar-refractivity contribution in [3.8, 4) is 0 Å². The van der Waals surface area contributed by atoms with Crippen LogP contribution >= 0.6 is 0 Å². The summed E-state index contributed by atoms with van der Waals surface area (Å²) in [5.41, 5.74) is 7.40. The van der Waals surface area contributed by atoms with Crippen molar-refractivity contribution in [2.45, 2.75) is 38.4 Å². The number of rotatable bonds is 2. The standard InChI is InChI=1S/C13H19FN2.C2HF3O2/c1-9(7-15)16-8-13(2,3)12-10(14)5-4-6-11(12)16;3-2(4,5)1(6)7/h4-6,9H,7-8,15H2,1-3H3;(H,6,7). The summed E-state index contributed by atoms with van der Waals surface area (Å²) >= 11 is 0. The van der Waals surface area contributed by atoms with Crippen molar-refractivity contribution >= 4 is 11.7 Å². The molecule has 2 rings (SSSR count). The van der Waals surface area contributed by atoms with Crippen LogP contribution in [0, 0.1) is 5.82 Å². The zero-order valence-corrected chi connectivity index (χ0v) is 13.1. The predicted molar refractivity (Wildman–Crippen MR) is 79.0 cm³/mol. The molecule has 1 heterocycles. The van der Waals surface area contributed by atoms with Crippen LogP contribution in [0.3, 0.4) is 0 Å². The molecule has 0 saturated heterocycles. The second-order valence-corrected chi connectivity index (χ2v) is 6.03. The van der Waals surface area contributed by atoms with Gasteiger partial charge in [-0.15, -0.1) is 0 Å². The lowest BCUT2D eigenvalue weighted by molar-refractivity contribution is -0.192. The smallest absolute Gasteiger partial charge is 0.475 e. The molecule has 130 valence electrons. The van der Waals surface area contributed by atoms with Crippen LogP contribution < -0.4 is 10.6 Å². The topological polar surface area (TPSA) is 66.6 Å². The van der Waals surface area contributed by atoms with Gasteiger partial charge in [-0.05, 0) is 19.1 Å². The molecule has 8 heteroatoms. The monoisotopic (exact) mass is 336 g/mol. The minimum absolute atomic E-state index is 0.103. The minimum Gasteiger partial charge on any atom is -0.475 e. The number of aliphatic carboxylic acids is 1. The van der Waals surface area contributed by atoms with Gasteiger partial charge in [0.1, 0.15) is 5.82 Å². The van der Waals surface area contributed by atoms with E-state index in [1.54, 1.807) is 6.07 Å². The lowest BCUT2D eigenvalue weighted by atomic mass is 9.86. The van der Waals surface area contributed by atoms with Crippen LogP contribution in [0.4, 0.5) is 23.2 Å². The van der Waals surface area contributed by atoms with Crippen LogP contribution in [0.25, 0.3) is 0 Å². The third kappa shape index (κ3) is 4.34. The number of alkyl halides is 3. The Balaban J connectivity index is 0.000000322. The Hall–Kier alpha value is -1.83. The summed E-state index contributed by atoms with van der Waals surface area (Å²) in [5, 5.41) is 7.12. The highest BCUT2D eigenvalue weighted by Crippen LogP contribution is 2.42. The maximum atomic E-state index is 13.9. The summed E-state index contributed by atoms with van der Waals surface area (Å²) in [6.07, 6.45) is -5.08. The molecule has 1 unspecified atom stereocenters. The van der Waals surface area contributed by atoms with Crippen LogP contribution in [-0.2, 0) is 10.2 Å². The highest BCUT2D eigenvalue weighted by atomic mass is 19.4. The number of fused-ring (bicyclic) bond motifs is 1. The van der Waals surface area contributed by atoms with Gasteiger partial charge in [0.05, 0.1) is 0 Å².